The summed E-state index contributed by atoms with van der Waals surface area (Å²) in [5.41, 5.74) is 4.30. The molecule has 0 unspecified atom stereocenters. The average molecular weight is 848 g/mol. The predicted molar refractivity (Wildman–Crippen MR) is 248 cm³/mol. The molecule has 0 saturated carbocycles. The number of rotatable bonds is 14. The Kier molecular flexibility index (Phi) is 12.4. The topological polar surface area (TPSA) is 107 Å². The number of benzene rings is 5. The molecule has 0 radical (unpaired) electrons. The van der Waals surface area contributed by atoms with Crippen molar-refractivity contribution in [2.75, 3.05) is 13.2 Å². The van der Waals surface area contributed by atoms with Crippen LogP contribution in [-0.4, -0.2) is 59.7 Å². The van der Waals surface area contributed by atoms with E-state index in [1.165, 1.54) is 16.2 Å². The summed E-state index contributed by atoms with van der Waals surface area (Å²) in [4.78, 5) is 30.9. The lowest BCUT2D eigenvalue weighted by molar-refractivity contribution is -0.140. The van der Waals surface area contributed by atoms with Crippen LogP contribution in [-0.2, 0) is 20.6 Å². The van der Waals surface area contributed by atoms with Gasteiger partial charge in [0.25, 0.3) is 8.32 Å². The molecular weight excluding hydrogens is 795 g/mol. The number of thiophene rings is 1. The lowest BCUT2D eigenvalue weighted by Crippen LogP contribution is -2.66. The maximum Gasteiger partial charge on any atom is 0.261 e. The van der Waals surface area contributed by atoms with Crippen LogP contribution < -0.4 is 10.4 Å². The molecule has 7 nitrogen and oxygen atoms in total. The minimum Gasteiger partial charge on any atom is -0.507 e. The molecule has 1 fully saturated rings. The van der Waals surface area contributed by atoms with Crippen LogP contribution >= 0.6 is 11.3 Å². The molecule has 2 heterocycles. The van der Waals surface area contributed by atoms with E-state index in [-0.39, 0.29) is 42.2 Å². The third-order valence-corrected chi connectivity index (χ3v) is 18.5. The molecule has 1 aliphatic carbocycles. The van der Waals surface area contributed by atoms with E-state index in [1.54, 1.807) is 6.07 Å². The molecule has 0 spiro atoms. The van der Waals surface area contributed by atoms with Gasteiger partial charge in [0.15, 0.2) is 0 Å². The van der Waals surface area contributed by atoms with E-state index in [9.17, 15) is 24.9 Å². The van der Waals surface area contributed by atoms with Gasteiger partial charge in [-0.05, 0) is 85.4 Å². The molecule has 2 amide bonds. The van der Waals surface area contributed by atoms with E-state index in [0.29, 0.717) is 18.4 Å². The number of hydrogen-bond acceptors (Lipinski definition) is 7. The van der Waals surface area contributed by atoms with Gasteiger partial charge in [-0.2, -0.15) is 0 Å². The Morgan fingerprint density at radius 3 is 2.05 bits per heavy atom. The van der Waals surface area contributed by atoms with Gasteiger partial charge >= 0.3 is 0 Å². The molecule has 9 heteroatoms. The van der Waals surface area contributed by atoms with Crippen molar-refractivity contribution in [2.24, 2.45) is 17.8 Å². The Labute approximate surface area is 363 Å². The van der Waals surface area contributed by atoms with Gasteiger partial charge in [-0.15, -0.1) is 11.3 Å². The van der Waals surface area contributed by atoms with Crippen LogP contribution in [0.4, 0.5) is 0 Å². The molecule has 8 rings (SSSR count). The molecule has 5 aromatic carbocycles. The number of imide groups is 1. The van der Waals surface area contributed by atoms with Gasteiger partial charge in [0.05, 0.1) is 37.7 Å². The molecule has 1 aromatic heterocycles. The van der Waals surface area contributed by atoms with Crippen LogP contribution in [0, 0.1) is 17.8 Å². The SMILES string of the molecule is CC(C)(C)[Si](OCC1=C([C@H](O)CC/C(=C/c2ccc(O)c3ccccc23)c2ccccc2)[C@H](CO)[C@@H]2C(=O)N(Cc3cccs3)C(=O)[C@@H]2C1)(c1ccccc1)c1ccccc1. The minimum atomic E-state index is -3.07. The quantitative estimate of drug-likeness (QED) is 0.0438. The van der Waals surface area contributed by atoms with E-state index in [1.807, 2.05) is 102 Å². The van der Waals surface area contributed by atoms with Crippen LogP contribution in [0.1, 0.15) is 56.0 Å². The van der Waals surface area contributed by atoms with Crippen molar-refractivity contribution in [3.8, 4) is 5.75 Å². The number of nitrogens with zero attached hydrogens (tertiary/aromatic N) is 1. The van der Waals surface area contributed by atoms with Gasteiger partial charge in [-0.25, -0.2) is 0 Å². The van der Waals surface area contributed by atoms with Crippen molar-refractivity contribution in [3.05, 3.63) is 172 Å². The number of carbonyl (C=O) groups excluding carboxylic acids is 2. The first-order valence-corrected chi connectivity index (χ1v) is 23.9. The molecule has 1 aliphatic heterocycles. The Bertz CT molecular complexity index is 2510. The Morgan fingerprint density at radius 1 is 0.820 bits per heavy atom. The second-order valence-corrected chi connectivity index (χ2v) is 22.6. The zero-order chi connectivity index (χ0) is 42.7. The van der Waals surface area contributed by atoms with Gasteiger partial charge in [0.2, 0.25) is 11.8 Å². The van der Waals surface area contributed by atoms with Gasteiger partial charge < -0.3 is 19.7 Å². The fourth-order valence-electron chi connectivity index (χ4n) is 9.85. The third-order valence-electron chi connectivity index (χ3n) is 12.7. The summed E-state index contributed by atoms with van der Waals surface area (Å²) < 4.78 is 7.47. The lowest BCUT2D eigenvalue weighted by atomic mass is 9.68. The van der Waals surface area contributed by atoms with Crippen LogP contribution in [0.3, 0.4) is 0 Å². The highest BCUT2D eigenvalue weighted by molar-refractivity contribution is 7.09. The number of likely N-dealkylation sites (tertiary alicyclic amines) is 1. The molecule has 312 valence electrons. The zero-order valence-corrected chi connectivity index (χ0v) is 36.7. The highest BCUT2D eigenvalue weighted by Crippen LogP contribution is 2.48. The first-order chi connectivity index (χ1) is 29.5. The molecule has 6 aromatic rings. The number of phenolic OH excluding ortho intramolecular Hbond substituents is 1. The summed E-state index contributed by atoms with van der Waals surface area (Å²) in [6.07, 6.45) is 2.08. The minimum absolute atomic E-state index is 0.132. The average Bonchev–Trinajstić information content (AvgIpc) is 3.88. The first-order valence-electron chi connectivity index (χ1n) is 21.1. The summed E-state index contributed by atoms with van der Waals surface area (Å²) in [6.45, 7) is 6.56. The molecule has 0 bridgehead atoms. The highest BCUT2D eigenvalue weighted by atomic mass is 32.1. The fourth-order valence-corrected chi connectivity index (χ4v) is 15.1. The number of aromatic hydroxyl groups is 1. The number of carbonyl (C=O) groups is 2. The monoisotopic (exact) mass is 847 g/mol. The number of aliphatic hydroxyl groups is 2. The van der Waals surface area contributed by atoms with Crippen LogP contribution in [0.15, 0.2) is 156 Å². The van der Waals surface area contributed by atoms with E-state index < -0.39 is 38.8 Å². The van der Waals surface area contributed by atoms with Crippen molar-refractivity contribution in [3.63, 3.8) is 0 Å². The van der Waals surface area contributed by atoms with E-state index in [4.69, 9.17) is 4.43 Å². The van der Waals surface area contributed by atoms with E-state index in [0.717, 1.165) is 48.3 Å². The van der Waals surface area contributed by atoms with E-state index >= 15 is 0 Å². The second-order valence-electron chi connectivity index (χ2n) is 17.3. The molecule has 61 heavy (non-hydrogen) atoms. The van der Waals surface area contributed by atoms with Crippen molar-refractivity contribution in [2.45, 2.75) is 57.7 Å². The number of fused-ring (bicyclic) bond motifs is 2. The number of amides is 2. The largest absolute Gasteiger partial charge is 0.507 e. The Hall–Kier alpha value is -5.42. The summed E-state index contributed by atoms with van der Waals surface area (Å²) in [5, 5.41) is 40.1. The van der Waals surface area contributed by atoms with Crippen molar-refractivity contribution in [1.29, 1.82) is 0 Å². The van der Waals surface area contributed by atoms with Crippen molar-refractivity contribution in [1.82, 2.24) is 4.90 Å². The van der Waals surface area contributed by atoms with Gasteiger partial charge in [0, 0.05) is 16.2 Å². The molecular formula is C52H53NO6SSi. The molecule has 3 N–H and O–H groups in total. The Balaban J connectivity index is 1.21. The number of aliphatic hydroxyl groups excluding tert-OH is 2. The van der Waals surface area contributed by atoms with Crippen LogP contribution in [0.2, 0.25) is 5.04 Å². The first kappa shape index (κ1) is 42.3. The standard InChI is InChI=1S/C52H53NO6SSi/c1-52(2,3)61(40-19-9-5-10-20-40,41-21-11-6-12-22-41)59-34-38-31-44-49(51(58)53(50(44)57)32-39-18-15-29-60-39)45(33-54)48(38)47(56)28-25-36(35-16-7-4-8-17-35)30-37-26-27-46(55)43-24-14-13-23-42(37)43/h4-24,26-27,29-30,44-45,47,49,54-56H,25,28,31-34H2,1-3H3/b36-30-/t44-,45+,47-,49-/m1/s1. The molecule has 2 aliphatic rings. The van der Waals surface area contributed by atoms with Crippen LogP contribution in [0.5, 0.6) is 5.75 Å². The maximum absolute atomic E-state index is 14.4. The molecule has 1 saturated heterocycles. The van der Waals surface area contributed by atoms with E-state index in [2.05, 4.69) is 63.2 Å². The lowest BCUT2D eigenvalue weighted by Gasteiger charge is -2.44. The summed E-state index contributed by atoms with van der Waals surface area (Å²) in [7, 11) is -3.07. The van der Waals surface area contributed by atoms with Gasteiger partial charge in [-0.3, -0.25) is 14.5 Å². The zero-order valence-electron chi connectivity index (χ0n) is 34.9. The number of phenols is 1. The third kappa shape index (κ3) is 8.21. The highest BCUT2D eigenvalue weighted by Gasteiger charge is 2.56. The summed E-state index contributed by atoms with van der Waals surface area (Å²) >= 11 is 1.50. The predicted octanol–water partition coefficient (Wildman–Crippen LogP) is 8.98. The maximum atomic E-state index is 14.4. The van der Waals surface area contributed by atoms with Gasteiger partial charge in [0.1, 0.15) is 5.75 Å². The second kappa shape index (κ2) is 17.9. The molecule has 4 atom stereocenters. The Morgan fingerprint density at radius 2 is 1.44 bits per heavy atom. The smallest absolute Gasteiger partial charge is 0.261 e. The van der Waals surface area contributed by atoms with Crippen molar-refractivity contribution >= 4 is 64.3 Å². The fraction of sp³-hybridized carbons (Fsp3) is 0.269. The van der Waals surface area contributed by atoms with Crippen molar-refractivity contribution < 1.29 is 29.3 Å². The summed E-state index contributed by atoms with van der Waals surface area (Å²) in [5.74, 6) is -2.59. The van der Waals surface area contributed by atoms with Gasteiger partial charge in [-0.1, -0.05) is 154 Å². The normalized spacial score (nSPS) is 19.1. The summed E-state index contributed by atoms with van der Waals surface area (Å²) in [6, 6.07) is 46.0. The van der Waals surface area contributed by atoms with Crippen LogP contribution in [0.25, 0.3) is 22.4 Å². The number of hydrogen-bond donors (Lipinski definition) is 3. The number of allylic oxidation sites excluding steroid dienone is 1.